The van der Waals surface area contributed by atoms with Crippen molar-refractivity contribution in [2.24, 2.45) is 0 Å². The number of amides is 1. The monoisotopic (exact) mass is 473 g/mol. The highest BCUT2D eigenvalue weighted by atomic mass is 32.2. The summed E-state index contributed by atoms with van der Waals surface area (Å²) < 4.78 is 0. The van der Waals surface area contributed by atoms with Crippen LogP contribution in [0.2, 0.25) is 0 Å². The summed E-state index contributed by atoms with van der Waals surface area (Å²) in [5, 5.41) is 2.86. The van der Waals surface area contributed by atoms with Gasteiger partial charge in [-0.2, -0.15) is 0 Å². The molecule has 178 valence electrons. The van der Waals surface area contributed by atoms with E-state index < -0.39 is 0 Å². The molecule has 0 atom stereocenters. The maximum absolute atomic E-state index is 12.7. The molecule has 0 spiro atoms. The molecule has 1 heterocycles. The van der Waals surface area contributed by atoms with Gasteiger partial charge >= 0.3 is 0 Å². The van der Waals surface area contributed by atoms with Gasteiger partial charge in [-0.05, 0) is 83.7 Å². The van der Waals surface area contributed by atoms with E-state index in [2.05, 4.69) is 61.2 Å². The van der Waals surface area contributed by atoms with E-state index >= 15 is 0 Å². The molecule has 4 nitrogen and oxygen atoms in total. The predicted molar refractivity (Wildman–Crippen MR) is 147 cm³/mol. The van der Waals surface area contributed by atoms with Crippen molar-refractivity contribution in [2.45, 2.75) is 58.3 Å². The second-order valence-electron chi connectivity index (χ2n) is 8.86. The van der Waals surface area contributed by atoms with Crippen LogP contribution in [-0.2, 0) is 0 Å². The first-order valence-corrected chi connectivity index (χ1v) is 12.8. The molecule has 0 saturated heterocycles. The zero-order valence-corrected chi connectivity index (χ0v) is 21.5. The largest absolute Gasteiger partial charge is 0.324 e. The smallest absolute Gasteiger partial charge is 0.258 e. The van der Waals surface area contributed by atoms with Gasteiger partial charge in [0.2, 0.25) is 5.95 Å². The van der Waals surface area contributed by atoms with E-state index in [-0.39, 0.29) is 5.91 Å². The number of H-pyrrole nitrogens is 1. The first-order chi connectivity index (χ1) is 16.4. The van der Waals surface area contributed by atoms with Gasteiger partial charge < -0.3 is 4.98 Å². The fourth-order valence-corrected chi connectivity index (χ4v) is 4.48. The number of thioether (sulfide) groups is 1. The third-order valence-electron chi connectivity index (χ3n) is 5.52. The standard InChI is InChI=1S/C29H35N3OS/c1-21(2)10-7-11-22(3)12-8-13-23(4)18-19-34-25-15-9-14-24(20-25)28(33)32-29-30-26-16-5-6-17-27(26)31-29/h5-6,9-10,12,14-18,20H,7-8,11,13,19H2,1-4H3,(H2,30,31,32,33)/b22-12+,23-18+. The van der Waals surface area contributed by atoms with Crippen LogP contribution in [0.4, 0.5) is 5.95 Å². The molecule has 3 aromatic rings. The molecule has 0 saturated carbocycles. The van der Waals surface area contributed by atoms with Crippen molar-refractivity contribution in [2.75, 3.05) is 11.1 Å². The van der Waals surface area contributed by atoms with Crippen LogP contribution in [-0.4, -0.2) is 21.6 Å². The molecular formula is C29H35N3OS. The van der Waals surface area contributed by atoms with Crippen molar-refractivity contribution >= 4 is 34.7 Å². The van der Waals surface area contributed by atoms with Crippen LogP contribution in [0.5, 0.6) is 0 Å². The number of nitrogens with one attached hydrogen (secondary N) is 2. The van der Waals surface area contributed by atoms with Crippen LogP contribution >= 0.6 is 11.8 Å². The van der Waals surface area contributed by atoms with Gasteiger partial charge in [-0.3, -0.25) is 10.1 Å². The Morgan fingerprint density at radius 2 is 1.68 bits per heavy atom. The SMILES string of the molecule is CC(C)=CCC/C(C)=C/CC/C(C)=C/CSc1cccc(C(=O)Nc2nc3ccccc3[nH]2)c1. The average Bonchev–Trinajstić information content (AvgIpc) is 3.21. The van der Waals surface area contributed by atoms with Crippen LogP contribution in [0.25, 0.3) is 11.0 Å². The maximum atomic E-state index is 12.7. The molecule has 34 heavy (non-hydrogen) atoms. The maximum Gasteiger partial charge on any atom is 0.258 e. The number of carbonyl (C=O) groups excluding carboxylic acids is 1. The molecule has 2 N–H and O–H groups in total. The van der Waals surface area contributed by atoms with Crippen LogP contribution in [0.3, 0.4) is 0 Å². The minimum absolute atomic E-state index is 0.167. The Morgan fingerprint density at radius 1 is 0.941 bits per heavy atom. The van der Waals surface area contributed by atoms with Gasteiger partial charge in [0.25, 0.3) is 5.91 Å². The molecule has 0 aliphatic carbocycles. The Labute approximate surface area is 207 Å². The van der Waals surface area contributed by atoms with Gasteiger partial charge in [-0.1, -0.05) is 53.1 Å². The van der Waals surface area contributed by atoms with E-state index in [0.717, 1.165) is 47.4 Å². The molecule has 0 fully saturated rings. The van der Waals surface area contributed by atoms with Crippen LogP contribution < -0.4 is 5.32 Å². The van der Waals surface area contributed by atoms with E-state index in [1.54, 1.807) is 11.8 Å². The van der Waals surface area contributed by atoms with Gasteiger partial charge in [0.1, 0.15) is 0 Å². The quantitative estimate of drug-likeness (QED) is 0.217. The highest BCUT2D eigenvalue weighted by Crippen LogP contribution is 2.21. The third-order valence-corrected chi connectivity index (χ3v) is 6.44. The molecule has 0 unspecified atom stereocenters. The Morgan fingerprint density at radius 3 is 2.44 bits per heavy atom. The van der Waals surface area contributed by atoms with E-state index in [1.165, 1.54) is 16.7 Å². The topological polar surface area (TPSA) is 57.8 Å². The fourth-order valence-electron chi connectivity index (χ4n) is 3.54. The minimum atomic E-state index is -0.167. The van der Waals surface area contributed by atoms with Gasteiger partial charge in [0.15, 0.2) is 0 Å². The van der Waals surface area contributed by atoms with Crippen LogP contribution in [0.1, 0.15) is 63.7 Å². The summed E-state index contributed by atoms with van der Waals surface area (Å²) in [7, 11) is 0. The summed E-state index contributed by atoms with van der Waals surface area (Å²) in [6.07, 6.45) is 11.4. The summed E-state index contributed by atoms with van der Waals surface area (Å²) in [5.41, 5.74) is 6.62. The van der Waals surface area contributed by atoms with Crippen molar-refractivity contribution in [3.8, 4) is 0 Å². The molecule has 0 aliphatic rings. The molecule has 2 aromatic carbocycles. The van der Waals surface area contributed by atoms with E-state index in [1.807, 2.05) is 48.5 Å². The lowest BCUT2D eigenvalue weighted by Crippen LogP contribution is -2.12. The van der Waals surface area contributed by atoms with Crippen molar-refractivity contribution < 1.29 is 4.79 Å². The van der Waals surface area contributed by atoms with E-state index in [0.29, 0.717) is 11.5 Å². The predicted octanol–water partition coefficient (Wildman–Crippen LogP) is 8.33. The Hall–Kier alpha value is -3.05. The van der Waals surface area contributed by atoms with Crippen LogP contribution in [0, 0.1) is 0 Å². The number of imidazole rings is 1. The van der Waals surface area contributed by atoms with Crippen molar-refractivity contribution in [1.82, 2.24) is 9.97 Å². The van der Waals surface area contributed by atoms with Gasteiger partial charge in [-0.25, -0.2) is 4.98 Å². The van der Waals surface area contributed by atoms with Crippen molar-refractivity contribution in [3.63, 3.8) is 0 Å². The lowest BCUT2D eigenvalue weighted by Gasteiger charge is -2.05. The second kappa shape index (κ2) is 13.0. The Bertz CT molecular complexity index is 1170. The van der Waals surface area contributed by atoms with Crippen molar-refractivity contribution in [3.05, 3.63) is 89.0 Å². The number of anilines is 1. The zero-order valence-electron chi connectivity index (χ0n) is 20.7. The fraction of sp³-hybridized carbons (Fsp3) is 0.310. The second-order valence-corrected chi connectivity index (χ2v) is 9.95. The number of hydrogen-bond donors (Lipinski definition) is 2. The third kappa shape index (κ3) is 8.38. The number of allylic oxidation sites excluding steroid dienone is 5. The first-order valence-electron chi connectivity index (χ1n) is 11.8. The molecule has 1 aromatic heterocycles. The number of hydrogen-bond acceptors (Lipinski definition) is 3. The van der Waals surface area contributed by atoms with Gasteiger partial charge in [-0.15, -0.1) is 11.8 Å². The number of aromatic amines is 1. The van der Waals surface area contributed by atoms with Gasteiger partial charge in [0.05, 0.1) is 11.0 Å². The van der Waals surface area contributed by atoms with Crippen LogP contribution in [0.15, 0.2) is 88.4 Å². The highest BCUT2D eigenvalue weighted by molar-refractivity contribution is 7.99. The summed E-state index contributed by atoms with van der Waals surface area (Å²) in [6, 6.07) is 15.5. The van der Waals surface area contributed by atoms with Crippen molar-refractivity contribution in [1.29, 1.82) is 0 Å². The molecule has 0 radical (unpaired) electrons. The molecular weight excluding hydrogens is 438 g/mol. The lowest BCUT2D eigenvalue weighted by atomic mass is 10.1. The highest BCUT2D eigenvalue weighted by Gasteiger charge is 2.10. The van der Waals surface area contributed by atoms with E-state index in [9.17, 15) is 4.79 Å². The first kappa shape index (κ1) is 25.6. The summed E-state index contributed by atoms with van der Waals surface area (Å²) in [6.45, 7) is 8.73. The Kier molecular flexibility index (Phi) is 9.77. The van der Waals surface area contributed by atoms with E-state index in [4.69, 9.17) is 0 Å². The lowest BCUT2D eigenvalue weighted by molar-refractivity contribution is 0.102. The molecule has 5 heteroatoms. The average molecular weight is 474 g/mol. The number of rotatable bonds is 11. The number of nitrogens with zero attached hydrogens (tertiary/aromatic N) is 1. The number of benzene rings is 2. The molecule has 3 rings (SSSR count). The number of fused-ring (bicyclic) bond motifs is 1. The normalized spacial score (nSPS) is 12.1. The molecule has 1 amide bonds. The Balaban J connectivity index is 1.46. The molecule has 0 aliphatic heterocycles. The summed E-state index contributed by atoms with van der Waals surface area (Å²) in [4.78, 5) is 21.3. The minimum Gasteiger partial charge on any atom is -0.324 e. The zero-order chi connectivity index (χ0) is 24.3. The van der Waals surface area contributed by atoms with Gasteiger partial charge in [0, 0.05) is 16.2 Å². The number of carbonyl (C=O) groups is 1. The number of aromatic nitrogens is 2. The number of para-hydroxylation sites is 2. The summed E-state index contributed by atoms with van der Waals surface area (Å²) in [5.74, 6) is 1.19. The molecule has 0 bridgehead atoms. The summed E-state index contributed by atoms with van der Waals surface area (Å²) >= 11 is 1.74.